The summed E-state index contributed by atoms with van der Waals surface area (Å²) in [6, 6.07) is 14.0. The second-order valence-corrected chi connectivity index (χ2v) is 10.1. The third-order valence-corrected chi connectivity index (χ3v) is 8.29. The molecule has 1 atom stereocenters. The summed E-state index contributed by atoms with van der Waals surface area (Å²) in [6.07, 6.45) is 0. The number of benzene rings is 2. The number of rotatable bonds is 4. The molecule has 4 rings (SSSR count). The lowest BCUT2D eigenvalue weighted by atomic mass is 10.1. The predicted molar refractivity (Wildman–Crippen MR) is 120 cm³/mol. The number of ether oxygens (including phenoxy) is 1. The molecule has 1 aliphatic heterocycles. The van der Waals surface area contributed by atoms with Gasteiger partial charge in [0, 0.05) is 9.90 Å². The molecular weight excluding hydrogens is 460 g/mol. The average molecular weight is 477 g/mol. The van der Waals surface area contributed by atoms with E-state index in [1.54, 1.807) is 6.07 Å². The van der Waals surface area contributed by atoms with E-state index in [4.69, 9.17) is 16.3 Å². The van der Waals surface area contributed by atoms with Crippen LogP contribution in [-0.4, -0.2) is 33.4 Å². The molecule has 1 aromatic heterocycles. The molecule has 1 amide bonds. The Hall–Kier alpha value is -2.88. The van der Waals surface area contributed by atoms with Crippen molar-refractivity contribution >= 4 is 56.2 Å². The van der Waals surface area contributed by atoms with Gasteiger partial charge in [-0.15, -0.1) is 11.3 Å². The van der Waals surface area contributed by atoms with E-state index in [9.17, 15) is 18.0 Å². The SMILES string of the molecule is COC(=O)c1sc(-c2ccccc2)cc1S(=O)(=O)N1c2cc(Cl)ccc2NC(=O)C1C. The topological polar surface area (TPSA) is 92.8 Å². The zero-order chi connectivity index (χ0) is 22.3. The number of anilines is 2. The summed E-state index contributed by atoms with van der Waals surface area (Å²) < 4.78 is 33.4. The number of carbonyl (C=O) groups excluding carboxylic acids is 2. The van der Waals surface area contributed by atoms with Crippen molar-refractivity contribution in [1.82, 2.24) is 0 Å². The molecule has 2 aromatic carbocycles. The number of hydrogen-bond donors (Lipinski definition) is 1. The molecule has 0 bridgehead atoms. The quantitative estimate of drug-likeness (QED) is 0.564. The summed E-state index contributed by atoms with van der Waals surface area (Å²) in [7, 11) is -3.14. The van der Waals surface area contributed by atoms with Gasteiger partial charge in [-0.2, -0.15) is 0 Å². The van der Waals surface area contributed by atoms with Gasteiger partial charge in [-0.1, -0.05) is 41.9 Å². The van der Waals surface area contributed by atoms with Crippen LogP contribution in [0.2, 0.25) is 5.02 Å². The summed E-state index contributed by atoms with van der Waals surface area (Å²) >= 11 is 7.12. The third kappa shape index (κ3) is 3.69. The van der Waals surface area contributed by atoms with E-state index >= 15 is 0 Å². The summed E-state index contributed by atoms with van der Waals surface area (Å²) in [6.45, 7) is 1.47. The third-order valence-electron chi connectivity index (χ3n) is 4.85. The summed E-state index contributed by atoms with van der Waals surface area (Å²) in [4.78, 5) is 25.2. The van der Waals surface area contributed by atoms with E-state index in [1.807, 2.05) is 30.3 Å². The van der Waals surface area contributed by atoms with E-state index in [0.29, 0.717) is 15.6 Å². The average Bonchev–Trinajstić information content (AvgIpc) is 3.21. The number of nitrogens with zero attached hydrogens (tertiary/aromatic N) is 1. The minimum Gasteiger partial charge on any atom is -0.465 e. The van der Waals surface area contributed by atoms with Crippen LogP contribution < -0.4 is 9.62 Å². The highest BCUT2D eigenvalue weighted by Crippen LogP contribution is 2.41. The van der Waals surface area contributed by atoms with Gasteiger partial charge in [0.25, 0.3) is 10.0 Å². The van der Waals surface area contributed by atoms with E-state index in [2.05, 4.69) is 5.32 Å². The van der Waals surface area contributed by atoms with Gasteiger partial charge in [0.2, 0.25) is 5.91 Å². The molecule has 7 nitrogen and oxygen atoms in total. The Morgan fingerprint density at radius 2 is 1.87 bits per heavy atom. The Labute approximate surface area is 188 Å². The van der Waals surface area contributed by atoms with Crippen molar-refractivity contribution in [3.05, 3.63) is 64.5 Å². The smallest absolute Gasteiger partial charge is 0.349 e. The Balaban J connectivity index is 1.93. The molecule has 10 heteroatoms. The van der Waals surface area contributed by atoms with Gasteiger partial charge in [-0.05, 0) is 36.8 Å². The second kappa shape index (κ2) is 7.99. The normalized spacial score (nSPS) is 15.9. The highest BCUT2D eigenvalue weighted by atomic mass is 35.5. The molecule has 2 heterocycles. The van der Waals surface area contributed by atoms with Crippen LogP contribution >= 0.6 is 22.9 Å². The molecule has 160 valence electrons. The van der Waals surface area contributed by atoms with Gasteiger partial charge in [-0.25, -0.2) is 13.2 Å². The number of amides is 1. The fraction of sp³-hybridized carbons (Fsp3) is 0.143. The molecule has 3 aromatic rings. The number of methoxy groups -OCH3 is 1. The Morgan fingerprint density at radius 3 is 2.55 bits per heavy atom. The zero-order valence-electron chi connectivity index (χ0n) is 16.5. The van der Waals surface area contributed by atoms with Crippen LogP contribution in [0.25, 0.3) is 10.4 Å². The molecule has 0 fully saturated rings. The highest BCUT2D eigenvalue weighted by Gasteiger charge is 2.41. The predicted octanol–water partition coefficient (Wildman–Crippen LogP) is 4.39. The number of fused-ring (bicyclic) bond motifs is 1. The van der Waals surface area contributed by atoms with Gasteiger partial charge in [-0.3, -0.25) is 9.10 Å². The molecule has 31 heavy (non-hydrogen) atoms. The van der Waals surface area contributed by atoms with Crippen LogP contribution in [0.5, 0.6) is 0 Å². The van der Waals surface area contributed by atoms with E-state index < -0.39 is 27.9 Å². The lowest BCUT2D eigenvalue weighted by molar-refractivity contribution is -0.117. The van der Waals surface area contributed by atoms with Crippen molar-refractivity contribution in [2.24, 2.45) is 0 Å². The largest absolute Gasteiger partial charge is 0.465 e. The van der Waals surface area contributed by atoms with Crippen molar-refractivity contribution in [3.63, 3.8) is 0 Å². The van der Waals surface area contributed by atoms with Crippen LogP contribution in [0, 0.1) is 0 Å². The van der Waals surface area contributed by atoms with Crippen molar-refractivity contribution in [2.75, 3.05) is 16.7 Å². The monoisotopic (exact) mass is 476 g/mol. The molecule has 0 saturated heterocycles. The molecule has 0 aliphatic carbocycles. The van der Waals surface area contributed by atoms with Crippen molar-refractivity contribution < 1.29 is 22.7 Å². The first-order valence-electron chi connectivity index (χ1n) is 9.16. The molecule has 1 N–H and O–H groups in total. The number of nitrogens with one attached hydrogen (secondary N) is 1. The lowest BCUT2D eigenvalue weighted by Crippen LogP contribution is -2.49. The number of esters is 1. The Morgan fingerprint density at radius 1 is 1.16 bits per heavy atom. The van der Waals surface area contributed by atoms with Crippen molar-refractivity contribution in [1.29, 1.82) is 0 Å². The van der Waals surface area contributed by atoms with Gasteiger partial charge in [0.15, 0.2) is 0 Å². The molecule has 1 unspecified atom stereocenters. The van der Waals surface area contributed by atoms with Gasteiger partial charge in [0.05, 0.1) is 18.5 Å². The van der Waals surface area contributed by atoms with Gasteiger partial charge >= 0.3 is 5.97 Å². The van der Waals surface area contributed by atoms with Crippen LogP contribution in [0.3, 0.4) is 0 Å². The van der Waals surface area contributed by atoms with E-state index in [-0.39, 0.29) is 15.5 Å². The molecular formula is C21H17ClN2O5S2. The number of sulfonamides is 1. The molecule has 0 radical (unpaired) electrons. The maximum Gasteiger partial charge on any atom is 0.349 e. The Bertz CT molecular complexity index is 1290. The zero-order valence-corrected chi connectivity index (χ0v) is 18.8. The summed E-state index contributed by atoms with van der Waals surface area (Å²) in [5.41, 5.74) is 1.30. The number of thiophene rings is 1. The van der Waals surface area contributed by atoms with Crippen molar-refractivity contribution in [3.8, 4) is 10.4 Å². The lowest BCUT2D eigenvalue weighted by Gasteiger charge is -2.35. The first-order chi connectivity index (χ1) is 14.7. The number of halogens is 1. The minimum atomic E-state index is -4.32. The van der Waals surface area contributed by atoms with Crippen LogP contribution in [0.1, 0.15) is 16.6 Å². The fourth-order valence-corrected chi connectivity index (χ4v) is 6.71. The van der Waals surface area contributed by atoms with Crippen LogP contribution in [0.4, 0.5) is 11.4 Å². The van der Waals surface area contributed by atoms with Crippen molar-refractivity contribution in [2.45, 2.75) is 17.9 Å². The number of hydrogen-bond acceptors (Lipinski definition) is 6. The first kappa shape index (κ1) is 21.4. The van der Waals surface area contributed by atoms with E-state index in [1.165, 1.54) is 32.2 Å². The first-order valence-corrected chi connectivity index (χ1v) is 11.8. The second-order valence-electron chi connectivity index (χ2n) is 6.79. The number of carbonyl (C=O) groups is 2. The Kier molecular flexibility index (Phi) is 5.50. The van der Waals surface area contributed by atoms with Gasteiger partial charge < -0.3 is 10.1 Å². The molecule has 0 spiro atoms. The molecule has 1 aliphatic rings. The van der Waals surface area contributed by atoms with Crippen LogP contribution in [0.15, 0.2) is 59.5 Å². The highest BCUT2D eigenvalue weighted by molar-refractivity contribution is 7.93. The maximum absolute atomic E-state index is 13.8. The maximum atomic E-state index is 13.8. The standard InChI is InChI=1S/C21H17ClN2O5S2/c1-12-20(25)23-15-9-8-14(22)10-16(15)24(12)31(27,28)18-11-17(13-6-4-3-5-7-13)30-19(18)21(26)29-2/h3-12H,1-2H3,(H,23,25). The summed E-state index contributed by atoms with van der Waals surface area (Å²) in [5.74, 6) is -1.26. The van der Waals surface area contributed by atoms with E-state index in [0.717, 1.165) is 21.2 Å². The fourth-order valence-electron chi connectivity index (χ4n) is 3.33. The van der Waals surface area contributed by atoms with Gasteiger partial charge in [0.1, 0.15) is 15.8 Å². The summed E-state index contributed by atoms with van der Waals surface area (Å²) in [5, 5.41) is 2.99. The van der Waals surface area contributed by atoms with Crippen LogP contribution in [-0.2, 0) is 19.6 Å². The minimum absolute atomic E-state index is 0.0666. The molecule has 0 saturated carbocycles.